The van der Waals surface area contributed by atoms with Crippen LogP contribution in [0.25, 0.3) is 0 Å². The van der Waals surface area contributed by atoms with Gasteiger partial charge in [-0.15, -0.1) is 0 Å². The number of rotatable bonds is 5. The van der Waals surface area contributed by atoms with Crippen molar-refractivity contribution in [2.75, 3.05) is 25.5 Å². The van der Waals surface area contributed by atoms with Gasteiger partial charge in [-0.3, -0.25) is 14.6 Å². The molecule has 0 aliphatic carbocycles. The van der Waals surface area contributed by atoms with Crippen molar-refractivity contribution in [2.45, 2.75) is 6.92 Å². The Bertz CT molecular complexity index is 406. The van der Waals surface area contributed by atoms with Crippen LogP contribution in [0.4, 0.5) is 5.69 Å². The van der Waals surface area contributed by atoms with Crippen molar-refractivity contribution >= 4 is 17.5 Å². The van der Waals surface area contributed by atoms with Crippen LogP contribution in [0.3, 0.4) is 0 Å². The van der Waals surface area contributed by atoms with E-state index in [1.165, 1.54) is 6.92 Å². The van der Waals surface area contributed by atoms with Gasteiger partial charge in [0.2, 0.25) is 5.91 Å². The zero-order valence-corrected chi connectivity index (χ0v) is 9.91. The van der Waals surface area contributed by atoms with Gasteiger partial charge in [-0.25, -0.2) is 0 Å². The number of aromatic nitrogens is 1. The number of carbonyl (C=O) groups excluding carboxylic acids is 2. The highest BCUT2D eigenvalue weighted by Crippen LogP contribution is 2.06. The van der Waals surface area contributed by atoms with Crippen LogP contribution in [0.1, 0.15) is 17.4 Å². The highest BCUT2D eigenvalue weighted by atomic mass is 16.2. The summed E-state index contributed by atoms with van der Waals surface area (Å²) in [6.07, 6.45) is 1.56. The fourth-order valence-electron chi connectivity index (χ4n) is 1.24. The monoisotopic (exact) mass is 236 g/mol. The van der Waals surface area contributed by atoms with Crippen LogP contribution >= 0.6 is 0 Å². The first-order valence-electron chi connectivity index (χ1n) is 5.30. The van der Waals surface area contributed by atoms with Crippen molar-refractivity contribution < 1.29 is 9.59 Å². The number of pyridine rings is 1. The molecule has 1 aromatic rings. The zero-order valence-electron chi connectivity index (χ0n) is 9.91. The third kappa shape index (κ3) is 4.50. The first kappa shape index (κ1) is 13.0. The van der Waals surface area contributed by atoms with E-state index in [0.29, 0.717) is 18.8 Å². The Labute approximate surface area is 99.8 Å². The molecule has 0 unspecified atom stereocenters. The fraction of sp³-hybridized carbons (Fsp3) is 0.364. The number of carbonyl (C=O) groups is 2. The van der Waals surface area contributed by atoms with E-state index in [4.69, 9.17) is 0 Å². The summed E-state index contributed by atoms with van der Waals surface area (Å²) in [7, 11) is 1.56. The van der Waals surface area contributed by atoms with E-state index in [-0.39, 0.29) is 11.8 Å². The van der Waals surface area contributed by atoms with Crippen LogP contribution < -0.4 is 16.0 Å². The first-order chi connectivity index (χ1) is 8.13. The number of anilines is 1. The van der Waals surface area contributed by atoms with E-state index in [0.717, 1.165) is 5.69 Å². The molecule has 92 valence electrons. The summed E-state index contributed by atoms with van der Waals surface area (Å²) in [4.78, 5) is 25.9. The minimum atomic E-state index is -0.226. The van der Waals surface area contributed by atoms with Crippen molar-refractivity contribution in [1.29, 1.82) is 0 Å². The van der Waals surface area contributed by atoms with Crippen LogP contribution in [-0.4, -0.2) is 36.9 Å². The van der Waals surface area contributed by atoms with Crippen molar-refractivity contribution in [3.05, 3.63) is 24.0 Å². The molecule has 17 heavy (non-hydrogen) atoms. The lowest BCUT2D eigenvalue weighted by atomic mass is 10.3. The molecule has 3 N–H and O–H groups in total. The first-order valence-corrected chi connectivity index (χ1v) is 5.30. The normalized spacial score (nSPS) is 9.53. The summed E-state index contributed by atoms with van der Waals surface area (Å²) >= 11 is 0. The molecular weight excluding hydrogens is 220 g/mol. The maximum atomic E-state index is 11.3. The second kappa shape index (κ2) is 6.47. The SMILES string of the molecule is CNC(=O)c1cc(NCCNC(C)=O)ccn1. The number of amides is 2. The number of nitrogens with one attached hydrogen (secondary N) is 3. The van der Waals surface area contributed by atoms with Crippen LogP contribution in [-0.2, 0) is 4.79 Å². The van der Waals surface area contributed by atoms with Gasteiger partial charge in [0.1, 0.15) is 5.69 Å². The molecule has 2 amide bonds. The molecule has 0 spiro atoms. The Morgan fingerprint density at radius 1 is 1.35 bits per heavy atom. The fourth-order valence-corrected chi connectivity index (χ4v) is 1.24. The lowest BCUT2D eigenvalue weighted by Gasteiger charge is -2.07. The Hall–Kier alpha value is -2.11. The lowest BCUT2D eigenvalue weighted by Crippen LogP contribution is -2.26. The highest BCUT2D eigenvalue weighted by molar-refractivity contribution is 5.92. The molecule has 0 aliphatic heterocycles. The van der Waals surface area contributed by atoms with Crippen LogP contribution in [0.5, 0.6) is 0 Å². The van der Waals surface area contributed by atoms with Crippen molar-refractivity contribution in [1.82, 2.24) is 15.6 Å². The Morgan fingerprint density at radius 3 is 2.76 bits per heavy atom. The molecule has 6 nitrogen and oxygen atoms in total. The van der Waals surface area contributed by atoms with Crippen LogP contribution in [0.2, 0.25) is 0 Å². The smallest absolute Gasteiger partial charge is 0.269 e. The van der Waals surface area contributed by atoms with Gasteiger partial charge in [0.25, 0.3) is 5.91 Å². The predicted octanol–water partition coefficient (Wildman–Crippen LogP) is -0.0108. The summed E-state index contributed by atoms with van der Waals surface area (Å²) in [5, 5.41) is 8.26. The molecule has 1 rings (SSSR count). The molecule has 6 heteroatoms. The van der Waals surface area contributed by atoms with E-state index >= 15 is 0 Å². The summed E-state index contributed by atoms with van der Waals surface area (Å²) in [6.45, 7) is 2.60. The quantitative estimate of drug-likeness (QED) is 0.628. The topological polar surface area (TPSA) is 83.1 Å². The summed E-state index contributed by atoms with van der Waals surface area (Å²) in [5.74, 6) is -0.289. The van der Waals surface area contributed by atoms with Crippen molar-refractivity contribution in [3.63, 3.8) is 0 Å². The van der Waals surface area contributed by atoms with Gasteiger partial charge < -0.3 is 16.0 Å². The van der Waals surface area contributed by atoms with Gasteiger partial charge >= 0.3 is 0 Å². The Kier molecular flexibility index (Phi) is 4.93. The number of nitrogens with zero attached hydrogens (tertiary/aromatic N) is 1. The van der Waals surface area contributed by atoms with E-state index in [1.54, 1.807) is 25.4 Å². The third-order valence-electron chi connectivity index (χ3n) is 2.05. The third-order valence-corrected chi connectivity index (χ3v) is 2.05. The molecule has 0 aliphatic rings. The van der Waals surface area contributed by atoms with Crippen molar-refractivity contribution in [2.24, 2.45) is 0 Å². The van der Waals surface area contributed by atoms with Gasteiger partial charge in [0.15, 0.2) is 0 Å². The van der Waals surface area contributed by atoms with Gasteiger partial charge in [-0.1, -0.05) is 0 Å². The Morgan fingerprint density at radius 2 is 2.12 bits per heavy atom. The number of hydrogen-bond acceptors (Lipinski definition) is 4. The maximum Gasteiger partial charge on any atom is 0.269 e. The largest absolute Gasteiger partial charge is 0.383 e. The molecule has 0 radical (unpaired) electrons. The molecule has 0 bridgehead atoms. The van der Waals surface area contributed by atoms with Crippen LogP contribution in [0, 0.1) is 0 Å². The predicted molar refractivity (Wildman–Crippen MR) is 64.8 cm³/mol. The zero-order chi connectivity index (χ0) is 12.7. The second-order valence-electron chi connectivity index (χ2n) is 3.42. The van der Waals surface area contributed by atoms with Crippen LogP contribution in [0.15, 0.2) is 18.3 Å². The molecule has 1 aromatic heterocycles. The minimum absolute atomic E-state index is 0.0624. The summed E-state index contributed by atoms with van der Waals surface area (Å²) in [6, 6.07) is 3.42. The number of hydrogen-bond donors (Lipinski definition) is 3. The van der Waals surface area contributed by atoms with E-state index in [1.807, 2.05) is 0 Å². The van der Waals surface area contributed by atoms with Gasteiger partial charge in [-0.2, -0.15) is 0 Å². The maximum absolute atomic E-state index is 11.3. The standard InChI is InChI=1S/C11H16N4O2/c1-8(16)13-5-6-14-9-3-4-15-10(7-9)11(17)12-2/h3-4,7H,5-6H2,1-2H3,(H,12,17)(H,13,16)(H,14,15). The summed E-state index contributed by atoms with van der Waals surface area (Å²) in [5.41, 5.74) is 1.15. The van der Waals surface area contributed by atoms with E-state index in [9.17, 15) is 9.59 Å². The summed E-state index contributed by atoms with van der Waals surface area (Å²) < 4.78 is 0. The molecule has 0 saturated carbocycles. The lowest BCUT2D eigenvalue weighted by molar-refractivity contribution is -0.118. The second-order valence-corrected chi connectivity index (χ2v) is 3.42. The average Bonchev–Trinajstić information content (AvgIpc) is 2.34. The Balaban J connectivity index is 2.48. The molecular formula is C11H16N4O2. The molecule has 1 heterocycles. The van der Waals surface area contributed by atoms with E-state index < -0.39 is 0 Å². The average molecular weight is 236 g/mol. The minimum Gasteiger partial charge on any atom is -0.383 e. The molecule has 0 aromatic carbocycles. The van der Waals surface area contributed by atoms with Gasteiger partial charge in [-0.05, 0) is 12.1 Å². The van der Waals surface area contributed by atoms with Gasteiger partial charge in [0, 0.05) is 38.9 Å². The van der Waals surface area contributed by atoms with E-state index in [2.05, 4.69) is 20.9 Å². The van der Waals surface area contributed by atoms with Gasteiger partial charge in [0.05, 0.1) is 0 Å². The molecule has 0 fully saturated rings. The highest BCUT2D eigenvalue weighted by Gasteiger charge is 2.04. The molecule has 0 saturated heterocycles. The molecule has 0 atom stereocenters. The van der Waals surface area contributed by atoms with Crippen molar-refractivity contribution in [3.8, 4) is 0 Å².